The molecule has 118 valence electrons. The summed E-state index contributed by atoms with van der Waals surface area (Å²) in [6.07, 6.45) is 2.48. The van der Waals surface area contributed by atoms with Gasteiger partial charge in [0.15, 0.2) is 0 Å². The predicted molar refractivity (Wildman–Crippen MR) is 74.4 cm³/mol. The topological polar surface area (TPSA) is 83.9 Å². The number of aliphatic carboxylic acids is 1. The van der Waals surface area contributed by atoms with Gasteiger partial charge in [0.2, 0.25) is 5.91 Å². The Hall–Kier alpha value is -1.59. The number of esters is 1. The van der Waals surface area contributed by atoms with Gasteiger partial charge in [-0.1, -0.05) is 6.92 Å². The van der Waals surface area contributed by atoms with E-state index in [9.17, 15) is 19.5 Å². The van der Waals surface area contributed by atoms with Crippen molar-refractivity contribution in [2.24, 2.45) is 17.8 Å². The lowest BCUT2D eigenvalue weighted by atomic mass is 9.94. The number of ether oxygens (including phenoxy) is 1. The van der Waals surface area contributed by atoms with E-state index < -0.39 is 23.8 Å². The number of amides is 1. The molecule has 2 fully saturated rings. The van der Waals surface area contributed by atoms with Gasteiger partial charge in [0.25, 0.3) is 0 Å². The zero-order valence-electron chi connectivity index (χ0n) is 12.6. The van der Waals surface area contributed by atoms with Crippen LogP contribution in [0.5, 0.6) is 0 Å². The van der Waals surface area contributed by atoms with Crippen molar-refractivity contribution in [3.05, 3.63) is 0 Å². The molecular weight excluding hydrogens is 274 g/mol. The first-order chi connectivity index (χ1) is 9.95. The van der Waals surface area contributed by atoms with Crippen molar-refractivity contribution < 1.29 is 24.2 Å². The average molecular weight is 297 g/mol. The Morgan fingerprint density at radius 3 is 2.52 bits per heavy atom. The van der Waals surface area contributed by atoms with Crippen molar-refractivity contribution in [1.29, 1.82) is 0 Å². The number of nitrogens with zero attached hydrogens (tertiary/aromatic N) is 1. The maximum Gasteiger partial charge on any atom is 0.328 e. The van der Waals surface area contributed by atoms with Gasteiger partial charge in [0, 0.05) is 6.54 Å². The highest BCUT2D eigenvalue weighted by atomic mass is 16.5. The van der Waals surface area contributed by atoms with Crippen molar-refractivity contribution >= 4 is 17.8 Å². The summed E-state index contributed by atoms with van der Waals surface area (Å²) in [6, 6.07) is -0.539. The molecule has 1 amide bonds. The van der Waals surface area contributed by atoms with E-state index in [-0.39, 0.29) is 24.4 Å². The Kier molecular flexibility index (Phi) is 4.85. The van der Waals surface area contributed by atoms with Crippen LogP contribution in [0.3, 0.4) is 0 Å². The molecule has 4 unspecified atom stereocenters. The lowest BCUT2D eigenvalue weighted by molar-refractivity contribution is -0.156. The van der Waals surface area contributed by atoms with Crippen LogP contribution >= 0.6 is 0 Å². The molecule has 21 heavy (non-hydrogen) atoms. The first-order valence-corrected chi connectivity index (χ1v) is 7.65. The molecule has 1 aliphatic heterocycles. The molecule has 6 nitrogen and oxygen atoms in total. The molecule has 0 bridgehead atoms. The van der Waals surface area contributed by atoms with Gasteiger partial charge in [0.1, 0.15) is 6.04 Å². The standard InChI is InChI=1S/C15H23NO5/c1-3-21-15(20)12-5-4-6-16(12)13(17)10-7-9(2)8-11(10)14(18)19/h9-12H,3-8H2,1-2H3,(H,18,19). The number of carbonyl (C=O) groups is 3. The van der Waals surface area contributed by atoms with Gasteiger partial charge in [-0.3, -0.25) is 9.59 Å². The van der Waals surface area contributed by atoms with Gasteiger partial charge in [-0.2, -0.15) is 0 Å². The summed E-state index contributed by atoms with van der Waals surface area (Å²) in [7, 11) is 0. The van der Waals surface area contributed by atoms with E-state index in [0.29, 0.717) is 25.8 Å². The average Bonchev–Trinajstić information content (AvgIpc) is 3.04. The van der Waals surface area contributed by atoms with E-state index in [2.05, 4.69) is 0 Å². The van der Waals surface area contributed by atoms with Crippen LogP contribution in [-0.4, -0.2) is 47.0 Å². The Bertz CT molecular complexity index is 436. The molecule has 1 aliphatic carbocycles. The number of rotatable bonds is 4. The Balaban J connectivity index is 2.11. The molecule has 4 atom stereocenters. The minimum Gasteiger partial charge on any atom is -0.481 e. The van der Waals surface area contributed by atoms with Crippen LogP contribution in [0.15, 0.2) is 0 Å². The second-order valence-corrected chi connectivity index (χ2v) is 6.07. The van der Waals surface area contributed by atoms with Gasteiger partial charge in [-0.05, 0) is 38.5 Å². The molecule has 1 N–H and O–H groups in total. The lowest BCUT2D eigenvalue weighted by Crippen LogP contribution is -2.45. The van der Waals surface area contributed by atoms with E-state index in [4.69, 9.17) is 4.74 Å². The van der Waals surface area contributed by atoms with Gasteiger partial charge in [0.05, 0.1) is 18.4 Å². The highest BCUT2D eigenvalue weighted by Crippen LogP contribution is 2.38. The predicted octanol–water partition coefficient (Wildman–Crippen LogP) is 1.29. The smallest absolute Gasteiger partial charge is 0.328 e. The van der Waals surface area contributed by atoms with Crippen LogP contribution in [0.25, 0.3) is 0 Å². The summed E-state index contributed by atoms with van der Waals surface area (Å²) in [5, 5.41) is 9.29. The SMILES string of the molecule is CCOC(=O)C1CCCN1C(=O)C1CC(C)CC1C(=O)O. The summed E-state index contributed by atoms with van der Waals surface area (Å²) in [4.78, 5) is 37.5. The largest absolute Gasteiger partial charge is 0.481 e. The number of carboxylic acid groups (broad SMARTS) is 1. The van der Waals surface area contributed by atoms with Crippen LogP contribution in [0.1, 0.15) is 39.5 Å². The van der Waals surface area contributed by atoms with Crippen molar-refractivity contribution in [3.63, 3.8) is 0 Å². The monoisotopic (exact) mass is 297 g/mol. The summed E-state index contributed by atoms with van der Waals surface area (Å²) in [6.45, 7) is 4.50. The van der Waals surface area contributed by atoms with Crippen LogP contribution in [0.2, 0.25) is 0 Å². The second-order valence-electron chi connectivity index (χ2n) is 6.07. The maximum absolute atomic E-state index is 12.7. The number of carboxylic acids is 1. The van der Waals surface area contributed by atoms with Crippen molar-refractivity contribution in [2.45, 2.75) is 45.6 Å². The highest BCUT2D eigenvalue weighted by molar-refractivity contribution is 5.89. The van der Waals surface area contributed by atoms with Crippen LogP contribution in [0, 0.1) is 17.8 Å². The summed E-state index contributed by atoms with van der Waals surface area (Å²) in [5.74, 6) is -2.39. The third kappa shape index (κ3) is 3.19. The third-order valence-electron chi connectivity index (χ3n) is 4.53. The number of likely N-dealkylation sites (tertiary alicyclic amines) is 1. The maximum atomic E-state index is 12.7. The molecule has 1 saturated heterocycles. The number of hydrogen-bond acceptors (Lipinski definition) is 4. The summed E-state index contributed by atoms with van der Waals surface area (Å²) < 4.78 is 5.02. The van der Waals surface area contributed by atoms with E-state index >= 15 is 0 Å². The number of hydrogen-bond donors (Lipinski definition) is 1. The van der Waals surface area contributed by atoms with Crippen molar-refractivity contribution in [1.82, 2.24) is 4.90 Å². The van der Waals surface area contributed by atoms with Gasteiger partial charge in [-0.25, -0.2) is 4.79 Å². The zero-order valence-corrected chi connectivity index (χ0v) is 12.6. The van der Waals surface area contributed by atoms with Gasteiger partial charge < -0.3 is 14.7 Å². The van der Waals surface area contributed by atoms with E-state index in [0.717, 1.165) is 6.42 Å². The minimum atomic E-state index is -0.912. The van der Waals surface area contributed by atoms with Crippen LogP contribution in [0.4, 0.5) is 0 Å². The second kappa shape index (κ2) is 6.45. The van der Waals surface area contributed by atoms with Crippen molar-refractivity contribution in [3.8, 4) is 0 Å². The fourth-order valence-electron chi connectivity index (χ4n) is 3.56. The molecule has 6 heteroatoms. The molecule has 0 aromatic carbocycles. The molecule has 0 aromatic heterocycles. The highest BCUT2D eigenvalue weighted by Gasteiger charge is 2.46. The molecule has 0 spiro atoms. The Labute approximate surface area is 124 Å². The fraction of sp³-hybridized carbons (Fsp3) is 0.800. The van der Waals surface area contributed by atoms with E-state index in [1.165, 1.54) is 4.90 Å². The molecule has 1 saturated carbocycles. The normalized spacial score (nSPS) is 32.2. The van der Waals surface area contributed by atoms with E-state index in [1.807, 2.05) is 6.92 Å². The fourth-order valence-corrected chi connectivity index (χ4v) is 3.56. The Morgan fingerprint density at radius 2 is 1.90 bits per heavy atom. The first kappa shape index (κ1) is 15.8. The zero-order chi connectivity index (χ0) is 15.6. The van der Waals surface area contributed by atoms with Gasteiger partial charge in [-0.15, -0.1) is 0 Å². The molecular formula is C15H23NO5. The Morgan fingerprint density at radius 1 is 1.24 bits per heavy atom. The van der Waals surface area contributed by atoms with E-state index in [1.54, 1.807) is 6.92 Å². The van der Waals surface area contributed by atoms with Crippen LogP contribution < -0.4 is 0 Å². The summed E-state index contributed by atoms with van der Waals surface area (Å²) in [5.41, 5.74) is 0. The van der Waals surface area contributed by atoms with Crippen LogP contribution in [-0.2, 0) is 19.1 Å². The third-order valence-corrected chi connectivity index (χ3v) is 4.53. The quantitative estimate of drug-likeness (QED) is 0.790. The minimum absolute atomic E-state index is 0.192. The first-order valence-electron chi connectivity index (χ1n) is 7.65. The summed E-state index contributed by atoms with van der Waals surface area (Å²) >= 11 is 0. The molecule has 0 radical (unpaired) electrons. The van der Waals surface area contributed by atoms with Crippen molar-refractivity contribution in [2.75, 3.05) is 13.2 Å². The van der Waals surface area contributed by atoms with Gasteiger partial charge >= 0.3 is 11.9 Å². The molecule has 0 aromatic rings. The lowest BCUT2D eigenvalue weighted by Gasteiger charge is -2.27. The molecule has 1 heterocycles. The number of carbonyl (C=O) groups excluding carboxylic acids is 2. The molecule has 2 aliphatic rings. The molecule has 2 rings (SSSR count).